The van der Waals surface area contributed by atoms with Gasteiger partial charge in [-0.1, -0.05) is 44.2 Å². The number of hydrogen-bond donors (Lipinski definition) is 1. The molecule has 0 spiro atoms. The van der Waals surface area contributed by atoms with Crippen molar-refractivity contribution in [3.63, 3.8) is 0 Å². The molecule has 0 aromatic carbocycles. The lowest BCUT2D eigenvalue weighted by atomic mass is 10.1. The van der Waals surface area contributed by atoms with E-state index in [0.717, 1.165) is 0 Å². The Bertz CT molecular complexity index is 389. The molecule has 0 aliphatic heterocycles. The zero-order chi connectivity index (χ0) is 12.7. The van der Waals surface area contributed by atoms with E-state index in [2.05, 4.69) is 0 Å². The quantitative estimate of drug-likeness (QED) is 0.840. The van der Waals surface area contributed by atoms with E-state index in [1.807, 2.05) is 49.6 Å². The molecule has 0 radical (unpaired) electrons. The molecular formula is C13H17NO2S. The second kappa shape index (κ2) is 7.04. The summed E-state index contributed by atoms with van der Waals surface area (Å²) in [6, 6.07) is 10.5. The van der Waals surface area contributed by atoms with Gasteiger partial charge in [0.15, 0.2) is 5.06 Å². The van der Waals surface area contributed by atoms with Gasteiger partial charge in [-0.2, -0.15) is 0 Å². The molecule has 1 aromatic heterocycles. The summed E-state index contributed by atoms with van der Waals surface area (Å²) in [7, 11) is 0. The molecule has 92 valence electrons. The molecule has 0 amide bonds. The first kappa shape index (κ1) is 13.7. The van der Waals surface area contributed by atoms with E-state index in [4.69, 9.17) is 10.5 Å². The Morgan fingerprint density at radius 3 is 2.59 bits per heavy atom. The minimum absolute atomic E-state index is 0.0668. The van der Waals surface area contributed by atoms with Gasteiger partial charge in [0.1, 0.15) is 6.04 Å². The molecule has 0 fully saturated rings. The van der Waals surface area contributed by atoms with Crippen LogP contribution in [0.2, 0.25) is 0 Å². The van der Waals surface area contributed by atoms with E-state index in [-0.39, 0.29) is 5.92 Å². The maximum Gasteiger partial charge on any atom is 0.329 e. The number of nitrogens with two attached hydrogens (primary N) is 1. The summed E-state index contributed by atoms with van der Waals surface area (Å²) in [6.07, 6.45) is 0. The molecule has 0 bridgehead atoms. The summed E-state index contributed by atoms with van der Waals surface area (Å²) in [6.45, 7) is 3.78. The zero-order valence-corrected chi connectivity index (χ0v) is 10.8. The van der Waals surface area contributed by atoms with Crippen LogP contribution in [0, 0.1) is 5.92 Å². The van der Waals surface area contributed by atoms with E-state index in [1.54, 1.807) is 6.07 Å². The third-order valence-corrected chi connectivity index (χ3v) is 2.88. The van der Waals surface area contributed by atoms with Crippen LogP contribution in [0.5, 0.6) is 5.06 Å². The highest BCUT2D eigenvalue weighted by Crippen LogP contribution is 2.15. The summed E-state index contributed by atoms with van der Waals surface area (Å²) in [5.74, 6) is -0.329. The fourth-order valence-electron chi connectivity index (χ4n) is 1.01. The number of carbonyl (C=O) groups is 1. The Balaban J connectivity index is 2.82. The first-order valence-electron chi connectivity index (χ1n) is 5.45. The predicted molar refractivity (Wildman–Crippen MR) is 70.4 cm³/mol. The van der Waals surface area contributed by atoms with Gasteiger partial charge in [0.25, 0.3) is 0 Å². The monoisotopic (exact) mass is 251 g/mol. The zero-order valence-electron chi connectivity index (χ0n) is 10.00. The van der Waals surface area contributed by atoms with Crippen LogP contribution in [0.4, 0.5) is 0 Å². The Morgan fingerprint density at radius 2 is 1.88 bits per heavy atom. The second-order valence-corrected chi connectivity index (χ2v) is 4.80. The van der Waals surface area contributed by atoms with Crippen molar-refractivity contribution in [1.82, 2.24) is 0 Å². The molecule has 3 nitrogen and oxygen atoms in total. The minimum Gasteiger partial charge on any atom is -0.414 e. The van der Waals surface area contributed by atoms with E-state index in [1.165, 1.54) is 11.3 Å². The highest BCUT2D eigenvalue weighted by molar-refractivity contribution is 7.11. The van der Waals surface area contributed by atoms with Gasteiger partial charge in [0.05, 0.1) is 0 Å². The number of carbonyl (C=O) groups excluding carboxylic acids is 1. The number of hydrogen-bond acceptors (Lipinski definition) is 4. The summed E-state index contributed by atoms with van der Waals surface area (Å²) in [5.41, 5.74) is 5.72. The fraction of sp³-hybridized carbons (Fsp3) is 0.308. The van der Waals surface area contributed by atoms with Crippen molar-refractivity contribution in [3.05, 3.63) is 41.8 Å². The van der Waals surface area contributed by atoms with Crippen molar-refractivity contribution in [2.24, 2.45) is 11.7 Å². The highest BCUT2D eigenvalue weighted by Gasteiger charge is 2.19. The van der Waals surface area contributed by atoms with Gasteiger partial charge in [-0.05, 0) is 17.4 Å². The van der Waals surface area contributed by atoms with Crippen LogP contribution in [-0.2, 0) is 4.79 Å². The largest absolute Gasteiger partial charge is 0.414 e. The van der Waals surface area contributed by atoms with Gasteiger partial charge in [0, 0.05) is 0 Å². The third-order valence-electron chi connectivity index (χ3n) is 2.13. The normalized spacial score (nSPS) is 11.8. The summed E-state index contributed by atoms with van der Waals surface area (Å²) in [4.78, 5) is 11.7. The molecule has 0 saturated carbocycles. The molecule has 4 heteroatoms. The second-order valence-electron chi connectivity index (χ2n) is 3.89. The summed E-state index contributed by atoms with van der Waals surface area (Å²) >= 11 is 1.35. The molecule has 0 aliphatic rings. The van der Waals surface area contributed by atoms with E-state index >= 15 is 0 Å². The first-order valence-corrected chi connectivity index (χ1v) is 6.33. The smallest absolute Gasteiger partial charge is 0.329 e. The lowest BCUT2D eigenvalue weighted by Crippen LogP contribution is -2.38. The van der Waals surface area contributed by atoms with Crippen LogP contribution in [0.1, 0.15) is 13.8 Å². The lowest BCUT2D eigenvalue weighted by Gasteiger charge is -2.13. The topological polar surface area (TPSA) is 52.3 Å². The van der Waals surface area contributed by atoms with Crippen LogP contribution in [0.15, 0.2) is 41.8 Å². The molecular weight excluding hydrogens is 234 g/mol. The maximum atomic E-state index is 11.7. The summed E-state index contributed by atoms with van der Waals surface area (Å²) < 4.78 is 5.24. The lowest BCUT2D eigenvalue weighted by molar-refractivity contribution is -0.136. The Kier molecular flexibility index (Phi) is 5.66. The average Bonchev–Trinajstić information content (AvgIpc) is 2.41. The Hall–Kier alpha value is -1.39. The van der Waals surface area contributed by atoms with Crippen molar-refractivity contribution < 1.29 is 9.53 Å². The first-order chi connectivity index (χ1) is 8.11. The van der Waals surface area contributed by atoms with Crippen LogP contribution >= 0.6 is 11.3 Å². The van der Waals surface area contributed by atoms with Crippen LogP contribution in [0.25, 0.3) is 0 Å². The van der Waals surface area contributed by atoms with Crippen LogP contribution in [0.3, 0.4) is 0 Å². The van der Waals surface area contributed by atoms with Crippen LogP contribution < -0.4 is 10.5 Å². The molecule has 0 saturated heterocycles. The van der Waals surface area contributed by atoms with Crippen molar-refractivity contribution in [1.29, 1.82) is 0 Å². The molecule has 1 rings (SSSR count). The Labute approximate surface area is 106 Å². The van der Waals surface area contributed by atoms with Crippen molar-refractivity contribution in [3.8, 4) is 5.06 Å². The van der Waals surface area contributed by atoms with Gasteiger partial charge in [-0.15, -0.1) is 11.3 Å². The molecule has 1 heterocycles. The Morgan fingerprint density at radius 1 is 1.24 bits per heavy atom. The van der Waals surface area contributed by atoms with E-state index in [0.29, 0.717) is 5.06 Å². The standard InChI is InChI=1S/C13H17NO2S/c1-10(2)12(14)13(15)16-11-8-6-4-3-5-7-9-17-11/h3-10,12H,14H2,1-2H3/t12-/m0/s1. The van der Waals surface area contributed by atoms with Gasteiger partial charge in [0.2, 0.25) is 0 Å². The number of rotatable bonds is 3. The van der Waals surface area contributed by atoms with Crippen molar-refractivity contribution >= 4 is 17.3 Å². The predicted octanol–water partition coefficient (Wildman–Crippen LogP) is 2.76. The van der Waals surface area contributed by atoms with Gasteiger partial charge < -0.3 is 10.5 Å². The van der Waals surface area contributed by atoms with E-state index in [9.17, 15) is 4.79 Å². The number of ether oxygens (including phenoxy) is 1. The summed E-state index contributed by atoms with van der Waals surface area (Å²) in [5, 5.41) is 2.38. The van der Waals surface area contributed by atoms with Crippen LogP contribution in [-0.4, -0.2) is 12.0 Å². The van der Waals surface area contributed by atoms with Crippen molar-refractivity contribution in [2.75, 3.05) is 0 Å². The molecule has 0 aliphatic carbocycles. The molecule has 17 heavy (non-hydrogen) atoms. The van der Waals surface area contributed by atoms with Gasteiger partial charge in [-0.25, -0.2) is 4.79 Å². The maximum absolute atomic E-state index is 11.7. The average molecular weight is 251 g/mol. The SMILES string of the molecule is CC(C)[C@H](N)C(=O)Oc1cccccccs1. The highest BCUT2D eigenvalue weighted by atomic mass is 32.1. The molecule has 1 atom stereocenters. The van der Waals surface area contributed by atoms with Crippen molar-refractivity contribution in [2.45, 2.75) is 19.9 Å². The minimum atomic E-state index is -0.588. The fourth-order valence-corrected chi connectivity index (χ4v) is 1.61. The molecule has 1 aromatic rings. The molecule has 2 N–H and O–H groups in total. The number of esters is 1. The van der Waals surface area contributed by atoms with E-state index < -0.39 is 12.0 Å². The van der Waals surface area contributed by atoms with Gasteiger partial charge in [-0.3, -0.25) is 0 Å². The van der Waals surface area contributed by atoms with Gasteiger partial charge >= 0.3 is 5.97 Å². The third kappa shape index (κ3) is 4.97. The molecule has 0 unspecified atom stereocenters.